The molecule has 2 rings (SSSR count). The maximum atomic E-state index is 13.6. The van der Waals surface area contributed by atoms with Crippen LogP contribution in [0.3, 0.4) is 0 Å². The van der Waals surface area contributed by atoms with Gasteiger partial charge in [0.2, 0.25) is 0 Å². The van der Waals surface area contributed by atoms with Gasteiger partial charge in [0.1, 0.15) is 17.5 Å². The van der Waals surface area contributed by atoms with Crippen LogP contribution in [0.2, 0.25) is 0 Å². The van der Waals surface area contributed by atoms with Crippen molar-refractivity contribution in [3.05, 3.63) is 62.3 Å². The van der Waals surface area contributed by atoms with Crippen LogP contribution in [0.25, 0.3) is 0 Å². The van der Waals surface area contributed by atoms with Gasteiger partial charge in [-0.05, 0) is 49.6 Å². The minimum Gasteiger partial charge on any atom is -0.378 e. The molecule has 0 aromatic heterocycles. The predicted octanol–water partition coefficient (Wildman–Crippen LogP) is 5.24. The van der Waals surface area contributed by atoms with Gasteiger partial charge in [-0.15, -0.1) is 0 Å². The summed E-state index contributed by atoms with van der Waals surface area (Å²) in [6.07, 6.45) is 0. The van der Waals surface area contributed by atoms with Crippen molar-refractivity contribution in [2.24, 2.45) is 0 Å². The van der Waals surface area contributed by atoms with Gasteiger partial charge < -0.3 is 5.32 Å². The molecule has 0 bridgehead atoms. The quantitative estimate of drug-likeness (QED) is 0.702. The lowest BCUT2D eigenvalue weighted by atomic mass is 10.2. The second kappa shape index (κ2) is 5.96. The van der Waals surface area contributed by atoms with Crippen LogP contribution in [-0.4, -0.2) is 0 Å². The molecule has 0 spiro atoms. The number of hydrogen-bond donors (Lipinski definition) is 1. The molecule has 0 aliphatic rings. The highest BCUT2D eigenvalue weighted by molar-refractivity contribution is 9.10. The van der Waals surface area contributed by atoms with Crippen molar-refractivity contribution in [1.82, 2.24) is 0 Å². The van der Waals surface area contributed by atoms with Crippen molar-refractivity contribution in [3.63, 3.8) is 0 Å². The van der Waals surface area contributed by atoms with Gasteiger partial charge >= 0.3 is 0 Å². The van der Waals surface area contributed by atoms with E-state index < -0.39 is 17.5 Å². The summed E-state index contributed by atoms with van der Waals surface area (Å²) in [5, 5.41) is 2.73. The molecule has 1 nitrogen and oxygen atoms in total. The number of halogens is 5. The SMILES string of the molecule is Fc1cc(NCc2cccc(F)c2Br)c(F)cc1Br. The Morgan fingerprint density at radius 3 is 2.42 bits per heavy atom. The van der Waals surface area contributed by atoms with E-state index >= 15 is 0 Å². The Morgan fingerprint density at radius 1 is 0.947 bits per heavy atom. The monoisotopic (exact) mass is 393 g/mol. The number of benzene rings is 2. The molecule has 0 saturated carbocycles. The molecule has 6 heteroatoms. The smallest absolute Gasteiger partial charge is 0.147 e. The van der Waals surface area contributed by atoms with Gasteiger partial charge in [0.25, 0.3) is 0 Å². The molecule has 0 radical (unpaired) electrons. The molecule has 0 saturated heterocycles. The average Bonchev–Trinajstić information content (AvgIpc) is 2.37. The van der Waals surface area contributed by atoms with Crippen LogP contribution in [0.15, 0.2) is 39.3 Å². The number of nitrogens with one attached hydrogen (secondary N) is 1. The Bertz CT molecular complexity index is 617. The zero-order valence-corrected chi connectivity index (χ0v) is 12.7. The van der Waals surface area contributed by atoms with E-state index in [4.69, 9.17) is 0 Å². The van der Waals surface area contributed by atoms with Crippen LogP contribution < -0.4 is 5.32 Å². The first-order chi connectivity index (χ1) is 8.99. The van der Waals surface area contributed by atoms with Gasteiger partial charge in [-0.25, -0.2) is 13.2 Å². The topological polar surface area (TPSA) is 12.0 Å². The molecule has 0 aliphatic heterocycles. The second-order valence-electron chi connectivity index (χ2n) is 3.81. The highest BCUT2D eigenvalue weighted by Gasteiger charge is 2.09. The van der Waals surface area contributed by atoms with Crippen LogP contribution in [0.1, 0.15) is 5.56 Å². The van der Waals surface area contributed by atoms with Crippen LogP contribution in [-0.2, 0) is 6.54 Å². The summed E-state index contributed by atoms with van der Waals surface area (Å²) in [6, 6.07) is 6.64. The van der Waals surface area contributed by atoms with Gasteiger partial charge in [-0.1, -0.05) is 12.1 Å². The molecular weight excluding hydrogens is 387 g/mol. The summed E-state index contributed by atoms with van der Waals surface area (Å²) in [5.41, 5.74) is 0.639. The van der Waals surface area contributed by atoms with Crippen molar-refractivity contribution in [2.45, 2.75) is 6.54 Å². The molecule has 0 fully saturated rings. The molecule has 2 aromatic rings. The van der Waals surface area contributed by atoms with Gasteiger partial charge in [0, 0.05) is 12.6 Å². The zero-order valence-electron chi connectivity index (χ0n) is 9.48. The Morgan fingerprint density at radius 2 is 1.68 bits per heavy atom. The van der Waals surface area contributed by atoms with E-state index in [9.17, 15) is 13.2 Å². The number of rotatable bonds is 3. The van der Waals surface area contributed by atoms with Crippen molar-refractivity contribution < 1.29 is 13.2 Å². The first-order valence-corrected chi connectivity index (χ1v) is 6.89. The molecule has 2 aromatic carbocycles. The van der Waals surface area contributed by atoms with Crippen LogP contribution in [0, 0.1) is 17.5 Å². The van der Waals surface area contributed by atoms with Gasteiger partial charge in [-0.2, -0.15) is 0 Å². The first-order valence-electron chi connectivity index (χ1n) is 5.30. The Kier molecular flexibility index (Phi) is 4.52. The molecule has 0 unspecified atom stereocenters. The Labute approximate surface area is 125 Å². The molecule has 0 aliphatic carbocycles. The maximum Gasteiger partial charge on any atom is 0.147 e. The molecule has 0 amide bonds. The lowest BCUT2D eigenvalue weighted by Crippen LogP contribution is -2.03. The third-order valence-corrected chi connectivity index (χ3v) is 4.01. The maximum absolute atomic E-state index is 13.6. The summed E-state index contributed by atoms with van der Waals surface area (Å²) in [4.78, 5) is 0. The Balaban J connectivity index is 2.19. The van der Waals surface area contributed by atoms with Crippen molar-refractivity contribution in [3.8, 4) is 0 Å². The summed E-state index contributed by atoms with van der Waals surface area (Å²) in [5.74, 6) is -1.55. The largest absolute Gasteiger partial charge is 0.378 e. The zero-order chi connectivity index (χ0) is 14.0. The highest BCUT2D eigenvalue weighted by Crippen LogP contribution is 2.25. The van der Waals surface area contributed by atoms with E-state index in [0.29, 0.717) is 10.0 Å². The number of hydrogen-bond acceptors (Lipinski definition) is 1. The van der Waals surface area contributed by atoms with Crippen LogP contribution >= 0.6 is 31.9 Å². The van der Waals surface area contributed by atoms with E-state index in [2.05, 4.69) is 37.2 Å². The molecule has 0 heterocycles. The summed E-state index contributed by atoms with van der Waals surface area (Å²) >= 11 is 6.01. The predicted molar refractivity (Wildman–Crippen MR) is 75.5 cm³/mol. The summed E-state index contributed by atoms with van der Waals surface area (Å²) < 4.78 is 40.5. The normalized spacial score (nSPS) is 10.6. The lowest BCUT2D eigenvalue weighted by Gasteiger charge is -2.10. The highest BCUT2D eigenvalue weighted by atomic mass is 79.9. The minimum absolute atomic E-state index is 0.0249. The number of anilines is 1. The first kappa shape index (κ1) is 14.4. The van der Waals surface area contributed by atoms with E-state index in [1.807, 2.05) is 0 Å². The molecule has 0 atom stereocenters. The van der Waals surface area contributed by atoms with Crippen molar-refractivity contribution in [2.75, 3.05) is 5.32 Å². The third-order valence-electron chi connectivity index (χ3n) is 2.51. The summed E-state index contributed by atoms with van der Waals surface area (Å²) in [6.45, 7) is 0.177. The fraction of sp³-hybridized carbons (Fsp3) is 0.0769. The molecule has 100 valence electrons. The second-order valence-corrected chi connectivity index (χ2v) is 5.46. The molecule has 1 N–H and O–H groups in total. The van der Waals surface area contributed by atoms with Crippen molar-refractivity contribution in [1.29, 1.82) is 0 Å². The van der Waals surface area contributed by atoms with E-state index in [-0.39, 0.29) is 16.7 Å². The fourth-order valence-electron chi connectivity index (χ4n) is 1.53. The van der Waals surface area contributed by atoms with Crippen LogP contribution in [0.5, 0.6) is 0 Å². The molecular formula is C13H8Br2F3N. The standard InChI is InChI=1S/C13H8Br2F3N/c14-8-4-11(18)12(5-10(8)17)19-6-7-2-1-3-9(16)13(7)15/h1-5,19H,6H2. The van der Waals surface area contributed by atoms with E-state index in [1.165, 1.54) is 6.07 Å². The van der Waals surface area contributed by atoms with Gasteiger partial charge in [-0.3, -0.25) is 0 Å². The summed E-state index contributed by atoms with van der Waals surface area (Å²) in [7, 11) is 0. The lowest BCUT2D eigenvalue weighted by molar-refractivity contribution is 0.596. The average molecular weight is 395 g/mol. The van der Waals surface area contributed by atoms with E-state index in [0.717, 1.165) is 12.1 Å². The molecule has 19 heavy (non-hydrogen) atoms. The minimum atomic E-state index is -0.583. The van der Waals surface area contributed by atoms with Crippen molar-refractivity contribution >= 4 is 37.5 Å². The Hall–Kier alpha value is -1.01. The third kappa shape index (κ3) is 3.30. The van der Waals surface area contributed by atoms with Gasteiger partial charge in [0.15, 0.2) is 0 Å². The van der Waals surface area contributed by atoms with Gasteiger partial charge in [0.05, 0.1) is 14.6 Å². The fourth-order valence-corrected chi connectivity index (χ4v) is 2.25. The van der Waals surface area contributed by atoms with E-state index in [1.54, 1.807) is 12.1 Å². The van der Waals surface area contributed by atoms with Crippen LogP contribution in [0.4, 0.5) is 18.9 Å².